The van der Waals surface area contributed by atoms with Gasteiger partial charge in [-0.25, -0.2) is 0 Å². The highest BCUT2D eigenvalue weighted by Crippen LogP contribution is 2.20. The number of rotatable bonds is 2. The Morgan fingerprint density at radius 2 is 1.73 bits per heavy atom. The molecule has 0 atom stereocenters. The van der Waals surface area contributed by atoms with Crippen LogP contribution in [0.15, 0.2) is 51.8 Å². The normalized spacial score (nSPS) is 13.0. The van der Waals surface area contributed by atoms with Crippen LogP contribution in [0.2, 0.25) is 0 Å². The van der Waals surface area contributed by atoms with Crippen molar-refractivity contribution in [2.75, 3.05) is 0 Å². The number of aryl methyl sites for hydroxylation is 3. The molecular formula is C16H16N2O2S2. The van der Waals surface area contributed by atoms with Gasteiger partial charge in [-0.1, -0.05) is 41.2 Å². The first kappa shape index (κ1) is 15.0. The molecule has 22 heavy (non-hydrogen) atoms. The minimum atomic E-state index is -3.70. The van der Waals surface area contributed by atoms with Crippen molar-refractivity contribution >= 4 is 31.6 Å². The number of nitrogens with zero attached hydrogens (tertiary/aromatic N) is 2. The summed E-state index contributed by atoms with van der Waals surface area (Å²) < 4.78 is 31.8. The van der Waals surface area contributed by atoms with Crippen LogP contribution in [0, 0.1) is 13.8 Å². The van der Waals surface area contributed by atoms with E-state index in [2.05, 4.69) is 4.40 Å². The molecule has 0 unspecified atom stereocenters. The van der Waals surface area contributed by atoms with E-state index in [0.717, 1.165) is 21.3 Å². The largest absolute Gasteiger partial charge is 0.319 e. The molecule has 0 fully saturated rings. The molecule has 0 amide bonds. The second kappa shape index (κ2) is 5.37. The lowest BCUT2D eigenvalue weighted by Crippen LogP contribution is -2.14. The summed E-state index contributed by atoms with van der Waals surface area (Å²) in [7, 11) is -1.86. The molecule has 0 saturated heterocycles. The molecule has 114 valence electrons. The van der Waals surface area contributed by atoms with Crippen molar-refractivity contribution in [3.63, 3.8) is 0 Å². The van der Waals surface area contributed by atoms with Gasteiger partial charge in [0.2, 0.25) is 4.80 Å². The van der Waals surface area contributed by atoms with Gasteiger partial charge in [0, 0.05) is 7.05 Å². The fourth-order valence-electron chi connectivity index (χ4n) is 2.35. The van der Waals surface area contributed by atoms with Crippen molar-refractivity contribution in [1.29, 1.82) is 0 Å². The zero-order valence-electron chi connectivity index (χ0n) is 12.6. The van der Waals surface area contributed by atoms with E-state index in [9.17, 15) is 8.42 Å². The summed E-state index contributed by atoms with van der Waals surface area (Å²) in [6, 6.07) is 12.7. The third kappa shape index (κ3) is 2.60. The molecule has 0 bridgehead atoms. The first-order chi connectivity index (χ1) is 10.4. The first-order valence-corrected chi connectivity index (χ1v) is 9.07. The van der Waals surface area contributed by atoms with Crippen LogP contribution in [-0.2, 0) is 17.1 Å². The zero-order chi connectivity index (χ0) is 15.9. The Morgan fingerprint density at radius 3 is 2.36 bits per heavy atom. The molecule has 0 N–H and O–H groups in total. The number of aromatic nitrogens is 1. The maximum Gasteiger partial charge on any atom is 0.285 e. The molecule has 0 spiro atoms. The summed E-state index contributed by atoms with van der Waals surface area (Å²) in [5.41, 5.74) is 3.14. The Kier molecular flexibility index (Phi) is 3.66. The third-order valence-electron chi connectivity index (χ3n) is 3.54. The van der Waals surface area contributed by atoms with E-state index in [4.69, 9.17) is 0 Å². The van der Waals surface area contributed by atoms with Crippen LogP contribution in [-0.4, -0.2) is 13.0 Å². The maximum atomic E-state index is 12.5. The van der Waals surface area contributed by atoms with Gasteiger partial charge in [0.1, 0.15) is 0 Å². The van der Waals surface area contributed by atoms with Gasteiger partial charge < -0.3 is 4.57 Å². The molecule has 0 aliphatic carbocycles. The summed E-state index contributed by atoms with van der Waals surface area (Å²) in [6.45, 7) is 3.93. The van der Waals surface area contributed by atoms with Gasteiger partial charge >= 0.3 is 0 Å². The fourth-order valence-corrected chi connectivity index (χ4v) is 4.68. The minimum absolute atomic E-state index is 0.215. The van der Waals surface area contributed by atoms with Gasteiger partial charge in [0.25, 0.3) is 10.0 Å². The minimum Gasteiger partial charge on any atom is -0.319 e. The number of para-hydroxylation sites is 1. The van der Waals surface area contributed by atoms with E-state index in [0.29, 0.717) is 4.80 Å². The average molecular weight is 332 g/mol. The highest BCUT2D eigenvalue weighted by Gasteiger charge is 2.14. The summed E-state index contributed by atoms with van der Waals surface area (Å²) in [4.78, 5) is 0.692. The summed E-state index contributed by atoms with van der Waals surface area (Å²) in [5, 5.41) is 0. The van der Waals surface area contributed by atoms with E-state index < -0.39 is 10.0 Å². The lowest BCUT2D eigenvalue weighted by Gasteiger charge is -2.00. The molecule has 6 heteroatoms. The second-order valence-electron chi connectivity index (χ2n) is 5.24. The molecule has 3 rings (SSSR count). The second-order valence-corrected chi connectivity index (χ2v) is 7.86. The molecule has 0 saturated carbocycles. The van der Waals surface area contributed by atoms with E-state index in [-0.39, 0.29) is 4.90 Å². The van der Waals surface area contributed by atoms with Crippen molar-refractivity contribution < 1.29 is 8.42 Å². The zero-order valence-corrected chi connectivity index (χ0v) is 14.2. The quantitative estimate of drug-likeness (QED) is 0.724. The number of hydrogen-bond acceptors (Lipinski definition) is 3. The monoisotopic (exact) mass is 332 g/mol. The van der Waals surface area contributed by atoms with Crippen molar-refractivity contribution in [2.24, 2.45) is 11.4 Å². The van der Waals surface area contributed by atoms with E-state index in [1.807, 2.05) is 43.7 Å². The SMILES string of the molecule is Cc1ccc(S(=O)(=O)N=c2sc3cccc(C)c3n2C)cc1. The standard InChI is InChI=1S/C16H16N2O2S2/c1-11-7-9-13(10-8-11)22(19,20)17-16-18(3)15-12(2)5-4-6-14(15)21-16/h4-10H,1-3H3. The predicted octanol–water partition coefficient (Wildman–Crippen LogP) is 3.15. The van der Waals surface area contributed by atoms with Gasteiger partial charge in [-0.15, -0.1) is 4.40 Å². The Bertz CT molecular complexity index is 1010. The lowest BCUT2D eigenvalue weighted by atomic mass is 10.2. The molecule has 1 aromatic heterocycles. The highest BCUT2D eigenvalue weighted by molar-refractivity contribution is 7.90. The molecule has 0 aliphatic heterocycles. The molecule has 2 aromatic carbocycles. The van der Waals surface area contributed by atoms with Crippen LogP contribution in [0.5, 0.6) is 0 Å². The summed E-state index contributed by atoms with van der Waals surface area (Å²) in [6.07, 6.45) is 0. The van der Waals surface area contributed by atoms with Crippen molar-refractivity contribution in [1.82, 2.24) is 4.57 Å². The topological polar surface area (TPSA) is 51.4 Å². The van der Waals surface area contributed by atoms with E-state index in [1.54, 1.807) is 24.3 Å². The lowest BCUT2D eigenvalue weighted by molar-refractivity contribution is 0.596. The van der Waals surface area contributed by atoms with Crippen molar-refractivity contribution in [3.05, 3.63) is 58.4 Å². The number of hydrogen-bond donors (Lipinski definition) is 0. The van der Waals surface area contributed by atoms with Gasteiger partial charge in [-0.05, 0) is 37.6 Å². The highest BCUT2D eigenvalue weighted by atomic mass is 32.2. The molecule has 0 radical (unpaired) electrons. The fraction of sp³-hybridized carbons (Fsp3) is 0.188. The van der Waals surface area contributed by atoms with Crippen LogP contribution in [0.4, 0.5) is 0 Å². The summed E-state index contributed by atoms with van der Waals surface area (Å²) >= 11 is 1.38. The van der Waals surface area contributed by atoms with Gasteiger partial charge in [0.15, 0.2) is 0 Å². The Hall–Kier alpha value is -1.92. The molecule has 3 aromatic rings. The van der Waals surface area contributed by atoms with E-state index >= 15 is 0 Å². The van der Waals surface area contributed by atoms with E-state index in [1.165, 1.54) is 11.3 Å². The Labute approximate surface area is 133 Å². The number of fused-ring (bicyclic) bond motifs is 1. The molecule has 0 aliphatic rings. The summed E-state index contributed by atoms with van der Waals surface area (Å²) in [5.74, 6) is 0. The third-order valence-corrected chi connectivity index (χ3v) is 6.04. The number of sulfonamides is 1. The average Bonchev–Trinajstić information content (AvgIpc) is 2.76. The van der Waals surface area contributed by atoms with Crippen LogP contribution in [0.1, 0.15) is 11.1 Å². The van der Waals surface area contributed by atoms with Crippen LogP contribution in [0.25, 0.3) is 10.2 Å². The Balaban J connectivity index is 2.22. The Morgan fingerprint density at radius 1 is 1.05 bits per heavy atom. The molecule has 1 heterocycles. The number of thiazole rings is 1. The predicted molar refractivity (Wildman–Crippen MR) is 89.5 cm³/mol. The van der Waals surface area contributed by atoms with Gasteiger partial charge in [-0.3, -0.25) is 0 Å². The van der Waals surface area contributed by atoms with Crippen LogP contribution >= 0.6 is 11.3 Å². The first-order valence-electron chi connectivity index (χ1n) is 6.81. The van der Waals surface area contributed by atoms with Crippen LogP contribution in [0.3, 0.4) is 0 Å². The smallest absolute Gasteiger partial charge is 0.285 e. The van der Waals surface area contributed by atoms with Crippen LogP contribution < -0.4 is 4.80 Å². The van der Waals surface area contributed by atoms with Gasteiger partial charge in [-0.2, -0.15) is 8.42 Å². The van der Waals surface area contributed by atoms with Crippen molar-refractivity contribution in [2.45, 2.75) is 18.7 Å². The maximum absolute atomic E-state index is 12.5. The van der Waals surface area contributed by atoms with Gasteiger partial charge in [0.05, 0.1) is 15.1 Å². The molecular weight excluding hydrogens is 316 g/mol. The van der Waals surface area contributed by atoms with Crippen molar-refractivity contribution in [3.8, 4) is 0 Å². The molecule has 4 nitrogen and oxygen atoms in total. The number of benzene rings is 2.